The van der Waals surface area contributed by atoms with Gasteiger partial charge in [-0.3, -0.25) is 0 Å². The van der Waals surface area contributed by atoms with Crippen LogP contribution in [0.3, 0.4) is 0 Å². The van der Waals surface area contributed by atoms with Crippen LogP contribution in [0.4, 0.5) is 13.2 Å². The first-order chi connectivity index (χ1) is 9.78. The van der Waals surface area contributed by atoms with Crippen LogP contribution < -0.4 is 5.46 Å². The summed E-state index contributed by atoms with van der Waals surface area (Å²) in [4.78, 5) is 0. The maximum atomic E-state index is 13.2. The third kappa shape index (κ3) is 2.79. The third-order valence-electron chi connectivity index (χ3n) is 4.84. The van der Waals surface area contributed by atoms with Crippen LogP contribution in [0.1, 0.15) is 47.1 Å². The minimum atomic E-state index is -4.32. The van der Waals surface area contributed by atoms with Crippen LogP contribution in [0.25, 0.3) is 0 Å². The zero-order valence-electron chi connectivity index (χ0n) is 13.8. The predicted octanol–water partition coefficient (Wildman–Crippen LogP) is 3.83. The molecule has 0 aliphatic carbocycles. The lowest BCUT2D eigenvalue weighted by atomic mass is 9.74. The number of alkyl halides is 3. The molecule has 0 bridgehead atoms. The first-order valence-corrected chi connectivity index (χ1v) is 7.31. The van der Waals surface area contributed by atoms with E-state index in [-0.39, 0.29) is 5.56 Å². The Morgan fingerprint density at radius 2 is 1.45 bits per heavy atom. The standard InChI is InChI=1S/C16H22BF3O2/c1-13(2,16(18,19)20)11-8-7-9-12(10-11)17-21-14(3,4)15(5,6)22-17/h7-10H,1-6H3. The normalized spacial score (nSPS) is 21.2. The number of halogens is 3. The molecule has 1 saturated heterocycles. The molecule has 1 fully saturated rings. The van der Waals surface area contributed by atoms with Crippen LogP contribution in [-0.4, -0.2) is 24.5 Å². The van der Waals surface area contributed by atoms with Gasteiger partial charge in [-0.05, 0) is 52.6 Å². The van der Waals surface area contributed by atoms with E-state index >= 15 is 0 Å². The molecule has 0 saturated carbocycles. The van der Waals surface area contributed by atoms with Crippen molar-refractivity contribution in [1.29, 1.82) is 0 Å². The highest BCUT2D eigenvalue weighted by molar-refractivity contribution is 6.62. The zero-order chi connectivity index (χ0) is 17.0. The van der Waals surface area contributed by atoms with Gasteiger partial charge in [0.2, 0.25) is 0 Å². The molecule has 0 amide bonds. The van der Waals surface area contributed by atoms with Crippen molar-refractivity contribution >= 4 is 12.6 Å². The highest BCUT2D eigenvalue weighted by Gasteiger charge is 2.52. The van der Waals surface area contributed by atoms with E-state index < -0.39 is 29.9 Å². The van der Waals surface area contributed by atoms with Gasteiger partial charge in [0.05, 0.1) is 16.6 Å². The molecule has 1 heterocycles. The molecule has 0 radical (unpaired) electrons. The number of rotatable bonds is 2. The molecular formula is C16H22BF3O2. The minimum absolute atomic E-state index is 0.201. The number of hydrogen-bond donors (Lipinski definition) is 0. The highest BCUT2D eigenvalue weighted by Crippen LogP contribution is 2.40. The first kappa shape index (κ1) is 17.4. The van der Waals surface area contributed by atoms with Crippen molar-refractivity contribution in [3.8, 4) is 0 Å². The molecule has 0 aromatic heterocycles. The van der Waals surface area contributed by atoms with Gasteiger partial charge in [-0.15, -0.1) is 0 Å². The Hall–Kier alpha value is -1.01. The van der Waals surface area contributed by atoms with E-state index in [9.17, 15) is 13.2 Å². The van der Waals surface area contributed by atoms with Crippen molar-refractivity contribution in [3.05, 3.63) is 29.8 Å². The average Bonchev–Trinajstić information content (AvgIpc) is 2.57. The van der Waals surface area contributed by atoms with Gasteiger partial charge in [0.25, 0.3) is 0 Å². The Bertz CT molecular complexity index is 549. The second-order valence-electron chi connectivity index (χ2n) is 7.34. The molecule has 22 heavy (non-hydrogen) atoms. The van der Waals surface area contributed by atoms with Gasteiger partial charge in [-0.1, -0.05) is 24.3 Å². The highest BCUT2D eigenvalue weighted by atomic mass is 19.4. The van der Waals surface area contributed by atoms with Gasteiger partial charge >= 0.3 is 13.3 Å². The van der Waals surface area contributed by atoms with Crippen LogP contribution in [0.5, 0.6) is 0 Å². The van der Waals surface area contributed by atoms with Crippen molar-refractivity contribution < 1.29 is 22.5 Å². The third-order valence-corrected chi connectivity index (χ3v) is 4.84. The Morgan fingerprint density at radius 3 is 1.91 bits per heavy atom. The maximum absolute atomic E-state index is 13.2. The SMILES string of the molecule is CC1(C)OB(c2cccc(C(C)(C)C(F)(F)F)c2)OC1(C)C. The van der Waals surface area contributed by atoms with Crippen LogP contribution in [-0.2, 0) is 14.7 Å². The molecule has 1 aromatic rings. The minimum Gasteiger partial charge on any atom is -0.399 e. The summed E-state index contributed by atoms with van der Waals surface area (Å²) in [5.74, 6) is 0. The van der Waals surface area contributed by atoms with Crippen molar-refractivity contribution in [1.82, 2.24) is 0 Å². The summed E-state index contributed by atoms with van der Waals surface area (Å²) in [5.41, 5.74) is -2.16. The monoisotopic (exact) mass is 314 g/mol. The number of hydrogen-bond acceptors (Lipinski definition) is 2. The lowest BCUT2D eigenvalue weighted by molar-refractivity contribution is -0.180. The van der Waals surface area contributed by atoms with E-state index in [1.165, 1.54) is 26.0 Å². The lowest BCUT2D eigenvalue weighted by Crippen LogP contribution is -2.41. The van der Waals surface area contributed by atoms with Crippen molar-refractivity contribution in [3.63, 3.8) is 0 Å². The van der Waals surface area contributed by atoms with Crippen molar-refractivity contribution in [2.24, 2.45) is 0 Å². The molecule has 1 aromatic carbocycles. The summed E-state index contributed by atoms with van der Waals surface area (Å²) in [6, 6.07) is 6.36. The fraction of sp³-hybridized carbons (Fsp3) is 0.625. The Balaban J connectivity index is 2.35. The molecular weight excluding hydrogens is 292 g/mol. The van der Waals surface area contributed by atoms with Crippen molar-refractivity contribution in [2.75, 3.05) is 0 Å². The molecule has 122 valence electrons. The smallest absolute Gasteiger partial charge is 0.399 e. The summed E-state index contributed by atoms with van der Waals surface area (Å²) >= 11 is 0. The summed E-state index contributed by atoms with van der Waals surface area (Å²) in [6.45, 7) is 10.0. The fourth-order valence-electron chi connectivity index (χ4n) is 2.22. The Kier molecular flexibility index (Phi) is 3.94. The van der Waals surface area contributed by atoms with Gasteiger partial charge in [-0.2, -0.15) is 13.2 Å². The quantitative estimate of drug-likeness (QED) is 0.773. The van der Waals surface area contributed by atoms with E-state index in [1.807, 2.05) is 27.7 Å². The Labute approximate surface area is 130 Å². The summed E-state index contributed by atoms with van der Waals surface area (Å²) in [6.07, 6.45) is -4.32. The summed E-state index contributed by atoms with van der Waals surface area (Å²) < 4.78 is 51.4. The summed E-state index contributed by atoms with van der Waals surface area (Å²) in [7, 11) is -0.658. The Morgan fingerprint density at radius 1 is 0.955 bits per heavy atom. The van der Waals surface area contributed by atoms with Crippen molar-refractivity contribution in [2.45, 2.75) is 64.3 Å². The second-order valence-corrected chi connectivity index (χ2v) is 7.34. The van der Waals surface area contributed by atoms with E-state index in [2.05, 4.69) is 0 Å². The molecule has 2 rings (SSSR count). The second kappa shape index (κ2) is 5.00. The molecule has 6 heteroatoms. The molecule has 2 nitrogen and oxygen atoms in total. The van der Waals surface area contributed by atoms with Gasteiger partial charge in [0, 0.05) is 0 Å². The van der Waals surface area contributed by atoms with Crippen LogP contribution in [0.2, 0.25) is 0 Å². The van der Waals surface area contributed by atoms with E-state index in [0.717, 1.165) is 0 Å². The van der Waals surface area contributed by atoms with Crippen LogP contribution >= 0.6 is 0 Å². The zero-order valence-corrected chi connectivity index (χ0v) is 13.8. The summed E-state index contributed by atoms with van der Waals surface area (Å²) in [5, 5.41) is 0. The lowest BCUT2D eigenvalue weighted by Gasteiger charge is -2.32. The largest absolute Gasteiger partial charge is 0.494 e. The topological polar surface area (TPSA) is 18.5 Å². The number of benzene rings is 1. The average molecular weight is 314 g/mol. The van der Waals surface area contributed by atoms with Gasteiger partial charge in [0.15, 0.2) is 0 Å². The van der Waals surface area contributed by atoms with Crippen LogP contribution in [0, 0.1) is 0 Å². The maximum Gasteiger partial charge on any atom is 0.494 e. The molecule has 1 aliphatic heterocycles. The first-order valence-electron chi connectivity index (χ1n) is 7.31. The van der Waals surface area contributed by atoms with Gasteiger partial charge < -0.3 is 9.31 Å². The van der Waals surface area contributed by atoms with Gasteiger partial charge in [-0.25, -0.2) is 0 Å². The van der Waals surface area contributed by atoms with Gasteiger partial charge in [0.1, 0.15) is 0 Å². The van der Waals surface area contributed by atoms with E-state index in [0.29, 0.717) is 5.46 Å². The van der Waals surface area contributed by atoms with Crippen LogP contribution in [0.15, 0.2) is 24.3 Å². The van der Waals surface area contributed by atoms with E-state index in [4.69, 9.17) is 9.31 Å². The molecule has 1 aliphatic rings. The molecule has 0 unspecified atom stereocenters. The molecule has 0 atom stereocenters. The molecule has 0 N–H and O–H groups in total. The fourth-order valence-corrected chi connectivity index (χ4v) is 2.22. The predicted molar refractivity (Wildman–Crippen MR) is 81.2 cm³/mol. The molecule has 0 spiro atoms. The van der Waals surface area contributed by atoms with E-state index in [1.54, 1.807) is 12.1 Å².